The summed E-state index contributed by atoms with van der Waals surface area (Å²) in [5, 5.41) is 0. The van der Waals surface area contributed by atoms with Crippen LogP contribution in [0.3, 0.4) is 0 Å². The number of carbonyl (C=O) groups excluding carboxylic acids is 1. The second-order valence-corrected chi connectivity index (χ2v) is 8.08. The molecule has 2 aliphatic heterocycles. The van der Waals surface area contributed by atoms with Gasteiger partial charge in [-0.3, -0.25) is 9.69 Å². The average molecular weight is 348 g/mol. The SMILES string of the molecule is CC(=O)N1Cc2ccccc2CC2(CCN(Cc3ccccc3)CC2)C1. The van der Waals surface area contributed by atoms with E-state index >= 15 is 0 Å². The monoisotopic (exact) mass is 348 g/mol. The van der Waals surface area contributed by atoms with Crippen molar-refractivity contribution in [3.63, 3.8) is 0 Å². The van der Waals surface area contributed by atoms with E-state index in [1.165, 1.54) is 16.7 Å². The number of carbonyl (C=O) groups is 1. The number of fused-ring (bicyclic) bond motifs is 1. The molecular weight excluding hydrogens is 320 g/mol. The molecule has 0 atom stereocenters. The molecule has 0 aromatic heterocycles. The Labute approximate surface area is 156 Å². The number of rotatable bonds is 2. The fraction of sp³-hybridized carbons (Fsp3) is 0.435. The van der Waals surface area contributed by atoms with Gasteiger partial charge < -0.3 is 4.90 Å². The molecule has 0 saturated carbocycles. The molecule has 3 heteroatoms. The maximum absolute atomic E-state index is 12.2. The molecule has 136 valence electrons. The Morgan fingerprint density at radius 1 is 0.962 bits per heavy atom. The Balaban J connectivity index is 1.50. The van der Waals surface area contributed by atoms with Crippen molar-refractivity contribution >= 4 is 5.91 Å². The Bertz CT molecular complexity index is 763. The Morgan fingerprint density at radius 2 is 1.62 bits per heavy atom. The quantitative estimate of drug-likeness (QED) is 0.822. The van der Waals surface area contributed by atoms with Gasteiger partial charge in [-0.1, -0.05) is 54.6 Å². The van der Waals surface area contributed by atoms with Gasteiger partial charge in [0, 0.05) is 26.6 Å². The van der Waals surface area contributed by atoms with Gasteiger partial charge in [0.15, 0.2) is 0 Å². The van der Waals surface area contributed by atoms with E-state index in [0.717, 1.165) is 52.0 Å². The predicted molar refractivity (Wildman–Crippen MR) is 105 cm³/mol. The van der Waals surface area contributed by atoms with E-state index < -0.39 is 0 Å². The first-order valence-electron chi connectivity index (χ1n) is 9.72. The fourth-order valence-electron chi connectivity index (χ4n) is 4.60. The van der Waals surface area contributed by atoms with Crippen LogP contribution in [0.4, 0.5) is 0 Å². The van der Waals surface area contributed by atoms with Crippen LogP contribution in [0.1, 0.15) is 36.5 Å². The zero-order valence-electron chi connectivity index (χ0n) is 15.7. The summed E-state index contributed by atoms with van der Waals surface area (Å²) in [6, 6.07) is 19.4. The van der Waals surface area contributed by atoms with Crippen LogP contribution >= 0.6 is 0 Å². The van der Waals surface area contributed by atoms with E-state index in [1.54, 1.807) is 6.92 Å². The zero-order chi connectivity index (χ0) is 18.0. The predicted octanol–water partition coefficient (Wildman–Crippen LogP) is 3.87. The molecule has 2 aromatic rings. The lowest BCUT2D eigenvalue weighted by atomic mass is 9.73. The lowest BCUT2D eigenvalue weighted by Crippen LogP contribution is -2.46. The third kappa shape index (κ3) is 3.68. The third-order valence-electron chi connectivity index (χ3n) is 6.18. The second kappa shape index (κ2) is 7.24. The molecule has 2 aromatic carbocycles. The Morgan fingerprint density at radius 3 is 2.31 bits per heavy atom. The lowest BCUT2D eigenvalue weighted by molar-refractivity contribution is -0.131. The van der Waals surface area contributed by atoms with Gasteiger partial charge in [-0.2, -0.15) is 0 Å². The number of hydrogen-bond acceptors (Lipinski definition) is 2. The van der Waals surface area contributed by atoms with Gasteiger partial charge in [0.05, 0.1) is 0 Å². The standard InChI is InChI=1S/C23H28N2O/c1-19(26)25-17-22-10-6-5-9-21(22)15-23(18-25)11-13-24(14-12-23)16-20-7-3-2-4-8-20/h2-10H,11-18H2,1H3. The number of benzene rings is 2. The van der Waals surface area contributed by atoms with Crippen molar-refractivity contribution in [2.45, 2.75) is 39.3 Å². The Hall–Kier alpha value is -2.13. The van der Waals surface area contributed by atoms with Gasteiger partial charge in [0.2, 0.25) is 5.91 Å². The largest absolute Gasteiger partial charge is 0.338 e. The van der Waals surface area contributed by atoms with Crippen molar-refractivity contribution in [2.24, 2.45) is 5.41 Å². The van der Waals surface area contributed by atoms with E-state index in [2.05, 4.69) is 64.4 Å². The topological polar surface area (TPSA) is 23.6 Å². The molecule has 0 radical (unpaired) electrons. The van der Waals surface area contributed by atoms with Crippen LogP contribution in [-0.2, 0) is 24.3 Å². The minimum atomic E-state index is 0.202. The molecular formula is C23H28N2O. The van der Waals surface area contributed by atoms with Crippen LogP contribution in [0, 0.1) is 5.41 Å². The number of hydrogen-bond donors (Lipinski definition) is 0. The minimum absolute atomic E-state index is 0.202. The van der Waals surface area contributed by atoms with E-state index in [4.69, 9.17) is 0 Å². The molecule has 4 rings (SSSR count). The normalized spacial score (nSPS) is 19.8. The highest BCUT2D eigenvalue weighted by Crippen LogP contribution is 2.39. The number of nitrogens with zero attached hydrogens (tertiary/aromatic N) is 2. The highest BCUT2D eigenvalue weighted by Gasteiger charge is 2.39. The third-order valence-corrected chi connectivity index (χ3v) is 6.18. The van der Waals surface area contributed by atoms with Gasteiger partial charge in [0.25, 0.3) is 0 Å². The first-order chi connectivity index (χ1) is 12.6. The molecule has 3 nitrogen and oxygen atoms in total. The summed E-state index contributed by atoms with van der Waals surface area (Å²) in [7, 11) is 0. The maximum Gasteiger partial charge on any atom is 0.219 e. The van der Waals surface area contributed by atoms with Gasteiger partial charge in [-0.15, -0.1) is 0 Å². The number of amides is 1. The average Bonchev–Trinajstić information content (AvgIpc) is 2.81. The summed E-state index contributed by atoms with van der Waals surface area (Å²) in [5.41, 5.74) is 4.38. The summed E-state index contributed by atoms with van der Waals surface area (Å²) in [5.74, 6) is 0.202. The highest BCUT2D eigenvalue weighted by molar-refractivity contribution is 5.73. The van der Waals surface area contributed by atoms with Crippen LogP contribution in [0.5, 0.6) is 0 Å². The summed E-state index contributed by atoms with van der Waals surface area (Å²) >= 11 is 0. The van der Waals surface area contributed by atoms with Gasteiger partial charge >= 0.3 is 0 Å². The van der Waals surface area contributed by atoms with Crippen molar-refractivity contribution in [1.29, 1.82) is 0 Å². The summed E-state index contributed by atoms with van der Waals surface area (Å²) in [4.78, 5) is 16.8. The van der Waals surface area contributed by atoms with Gasteiger partial charge in [-0.05, 0) is 54.5 Å². The molecule has 0 N–H and O–H groups in total. The van der Waals surface area contributed by atoms with Crippen LogP contribution in [-0.4, -0.2) is 35.3 Å². The molecule has 2 aliphatic rings. The minimum Gasteiger partial charge on any atom is -0.338 e. The van der Waals surface area contributed by atoms with Crippen LogP contribution in [0.2, 0.25) is 0 Å². The summed E-state index contributed by atoms with van der Waals surface area (Å²) in [6.45, 7) is 6.64. The molecule has 26 heavy (non-hydrogen) atoms. The van der Waals surface area contributed by atoms with Crippen molar-refractivity contribution in [2.75, 3.05) is 19.6 Å². The van der Waals surface area contributed by atoms with Crippen LogP contribution in [0.25, 0.3) is 0 Å². The first-order valence-corrected chi connectivity index (χ1v) is 9.72. The number of likely N-dealkylation sites (tertiary alicyclic amines) is 1. The number of piperidine rings is 1. The van der Waals surface area contributed by atoms with E-state index in [-0.39, 0.29) is 11.3 Å². The second-order valence-electron chi connectivity index (χ2n) is 8.08. The molecule has 1 fully saturated rings. The van der Waals surface area contributed by atoms with E-state index in [0.29, 0.717) is 0 Å². The summed E-state index contributed by atoms with van der Waals surface area (Å²) < 4.78 is 0. The van der Waals surface area contributed by atoms with Crippen molar-refractivity contribution in [1.82, 2.24) is 9.80 Å². The van der Waals surface area contributed by atoms with Gasteiger partial charge in [0.1, 0.15) is 0 Å². The highest BCUT2D eigenvalue weighted by atomic mass is 16.2. The van der Waals surface area contributed by atoms with Crippen LogP contribution in [0.15, 0.2) is 54.6 Å². The molecule has 1 amide bonds. The first kappa shape index (κ1) is 17.3. The van der Waals surface area contributed by atoms with Gasteiger partial charge in [-0.25, -0.2) is 0 Å². The fourth-order valence-corrected chi connectivity index (χ4v) is 4.60. The van der Waals surface area contributed by atoms with Crippen molar-refractivity contribution in [3.05, 3.63) is 71.3 Å². The van der Waals surface area contributed by atoms with E-state index in [9.17, 15) is 4.79 Å². The lowest BCUT2D eigenvalue weighted by Gasteiger charge is -2.43. The smallest absolute Gasteiger partial charge is 0.219 e. The molecule has 0 aliphatic carbocycles. The molecule has 1 saturated heterocycles. The molecule has 1 spiro atoms. The van der Waals surface area contributed by atoms with E-state index in [1.807, 2.05) is 0 Å². The zero-order valence-corrected chi connectivity index (χ0v) is 15.7. The Kier molecular flexibility index (Phi) is 4.82. The maximum atomic E-state index is 12.2. The van der Waals surface area contributed by atoms with Crippen molar-refractivity contribution in [3.8, 4) is 0 Å². The molecule has 0 bridgehead atoms. The molecule has 2 heterocycles. The summed E-state index contributed by atoms with van der Waals surface area (Å²) in [6.07, 6.45) is 3.43. The van der Waals surface area contributed by atoms with Crippen LogP contribution < -0.4 is 0 Å². The molecule has 0 unspecified atom stereocenters. The van der Waals surface area contributed by atoms with Crippen molar-refractivity contribution < 1.29 is 4.79 Å².